The van der Waals surface area contributed by atoms with E-state index in [1.54, 1.807) is 72.8 Å². The van der Waals surface area contributed by atoms with E-state index in [-0.39, 0.29) is 17.3 Å². The van der Waals surface area contributed by atoms with Crippen LogP contribution in [0.5, 0.6) is 0 Å². The van der Waals surface area contributed by atoms with Gasteiger partial charge in [-0.2, -0.15) is 10.2 Å². The van der Waals surface area contributed by atoms with Gasteiger partial charge in [0, 0.05) is 16.4 Å². The van der Waals surface area contributed by atoms with Gasteiger partial charge in [0.15, 0.2) is 17.3 Å². The summed E-state index contributed by atoms with van der Waals surface area (Å²) in [5.41, 5.74) is 1.84. The summed E-state index contributed by atoms with van der Waals surface area (Å²) < 4.78 is 0. The number of carbonyl (C=O) groups is 2. The van der Waals surface area contributed by atoms with Crippen molar-refractivity contribution in [2.45, 2.75) is 0 Å². The summed E-state index contributed by atoms with van der Waals surface area (Å²) in [6, 6.07) is 23.5. The summed E-state index contributed by atoms with van der Waals surface area (Å²) in [4.78, 5) is 24.9. The highest BCUT2D eigenvalue weighted by atomic mass is 35.5. The fourth-order valence-corrected chi connectivity index (χ4v) is 2.94. The molecule has 1 heterocycles. The number of carbonyl (C=O) groups excluding carboxylic acids is 2. The van der Waals surface area contributed by atoms with Crippen molar-refractivity contribution in [2.24, 2.45) is 10.2 Å². The number of aromatic nitrogens is 2. The Morgan fingerprint density at radius 2 is 1.26 bits per heavy atom. The van der Waals surface area contributed by atoms with Gasteiger partial charge in [-0.1, -0.05) is 48.0 Å². The number of azo groups is 1. The third kappa shape index (κ3) is 6.17. The van der Waals surface area contributed by atoms with Crippen molar-refractivity contribution in [1.29, 1.82) is 0 Å². The number of H-pyrrole nitrogens is 1. The number of nitrogens with zero attached hydrogens (tertiary/aromatic N) is 3. The highest BCUT2D eigenvalue weighted by molar-refractivity contribution is 6.30. The first-order valence-electron chi connectivity index (χ1n) is 10.1. The van der Waals surface area contributed by atoms with Gasteiger partial charge in [0.05, 0.1) is 5.69 Å². The number of hydrogen-bond donors (Lipinski definition) is 5. The van der Waals surface area contributed by atoms with E-state index in [1.165, 1.54) is 0 Å². The maximum absolute atomic E-state index is 12.5. The summed E-state index contributed by atoms with van der Waals surface area (Å²) in [5.74, 6) is 0.210. The van der Waals surface area contributed by atoms with Gasteiger partial charge in [0.1, 0.15) is 0 Å². The second-order valence-electron chi connectivity index (χ2n) is 6.86. The predicted octanol–water partition coefficient (Wildman–Crippen LogP) is 6.77. The average Bonchev–Trinajstić information content (AvgIpc) is 3.20. The van der Waals surface area contributed by atoms with Gasteiger partial charge in [-0.25, -0.2) is 9.59 Å². The maximum Gasteiger partial charge on any atom is 0.324 e. The average molecular weight is 475 g/mol. The summed E-state index contributed by atoms with van der Waals surface area (Å²) in [6.07, 6.45) is 0. The van der Waals surface area contributed by atoms with Gasteiger partial charge in [0.2, 0.25) is 0 Å². The molecule has 4 amide bonds. The normalized spacial score (nSPS) is 10.6. The Morgan fingerprint density at radius 1 is 0.706 bits per heavy atom. The van der Waals surface area contributed by atoms with Crippen LogP contribution >= 0.6 is 11.6 Å². The van der Waals surface area contributed by atoms with E-state index in [2.05, 4.69) is 41.7 Å². The van der Waals surface area contributed by atoms with E-state index in [1.807, 2.05) is 12.1 Å². The Labute approximate surface area is 199 Å². The molecule has 11 heteroatoms. The minimum atomic E-state index is -0.541. The molecule has 0 saturated carbocycles. The number of hydrogen-bond acceptors (Lipinski definition) is 5. The van der Waals surface area contributed by atoms with Crippen LogP contribution in [-0.2, 0) is 0 Å². The second kappa shape index (κ2) is 10.7. The van der Waals surface area contributed by atoms with Crippen molar-refractivity contribution < 1.29 is 9.59 Å². The number of nitrogens with one attached hydrogen (secondary N) is 5. The molecule has 4 rings (SSSR count). The fourth-order valence-electron chi connectivity index (χ4n) is 2.81. The Kier molecular flexibility index (Phi) is 7.11. The Balaban J connectivity index is 1.54. The molecular formula is C23H19ClN8O2. The number of benzene rings is 3. The number of para-hydroxylation sites is 2. The predicted molar refractivity (Wildman–Crippen MR) is 132 cm³/mol. The molecule has 3 aromatic carbocycles. The van der Waals surface area contributed by atoms with Crippen LogP contribution in [0.4, 0.5) is 44.0 Å². The minimum Gasteiger partial charge on any atom is -0.308 e. The minimum absolute atomic E-state index is 0.0705. The smallest absolute Gasteiger partial charge is 0.308 e. The lowest BCUT2D eigenvalue weighted by Gasteiger charge is -2.07. The number of anilines is 4. The molecule has 0 bridgehead atoms. The van der Waals surface area contributed by atoms with Crippen molar-refractivity contribution in [2.75, 3.05) is 21.3 Å². The van der Waals surface area contributed by atoms with Crippen molar-refractivity contribution in [3.63, 3.8) is 0 Å². The molecule has 5 N–H and O–H groups in total. The lowest BCUT2D eigenvalue weighted by molar-refractivity contribution is 0.261. The van der Waals surface area contributed by atoms with Crippen molar-refractivity contribution in [3.8, 4) is 0 Å². The topological polar surface area (TPSA) is 136 Å². The fraction of sp³-hybridized carbons (Fsp3) is 0. The van der Waals surface area contributed by atoms with E-state index in [4.69, 9.17) is 11.6 Å². The van der Waals surface area contributed by atoms with Crippen LogP contribution < -0.4 is 21.3 Å². The van der Waals surface area contributed by atoms with Crippen LogP contribution in [0, 0.1) is 0 Å². The first kappa shape index (κ1) is 22.5. The Bertz CT molecular complexity index is 1220. The molecule has 0 saturated heterocycles. The molecule has 1 aromatic heterocycles. The lowest BCUT2D eigenvalue weighted by Crippen LogP contribution is -2.20. The number of rotatable bonds is 6. The van der Waals surface area contributed by atoms with E-state index in [0.29, 0.717) is 22.1 Å². The van der Waals surface area contributed by atoms with Gasteiger partial charge in [-0.15, -0.1) is 5.11 Å². The molecule has 0 aliphatic rings. The number of aromatic amines is 1. The summed E-state index contributed by atoms with van der Waals surface area (Å²) in [5, 5.41) is 26.3. The highest BCUT2D eigenvalue weighted by Crippen LogP contribution is 2.33. The Hall–Kier alpha value is -4.70. The molecule has 0 aliphatic carbocycles. The number of urea groups is 2. The zero-order valence-corrected chi connectivity index (χ0v) is 18.4. The van der Waals surface area contributed by atoms with Crippen LogP contribution in [0.1, 0.15) is 0 Å². The molecule has 170 valence electrons. The van der Waals surface area contributed by atoms with E-state index in [9.17, 15) is 9.59 Å². The molecule has 4 aromatic rings. The van der Waals surface area contributed by atoms with Crippen molar-refractivity contribution in [3.05, 3.63) is 90.0 Å². The molecule has 10 nitrogen and oxygen atoms in total. The van der Waals surface area contributed by atoms with Crippen LogP contribution in [0.25, 0.3) is 0 Å². The molecule has 0 spiro atoms. The van der Waals surface area contributed by atoms with Crippen LogP contribution in [0.2, 0.25) is 5.02 Å². The SMILES string of the molecule is O=C(Nc1ccccc1)Nc1n[nH]c(NC(=O)Nc2ccccc2)c1N=Nc1ccc(Cl)cc1. The molecule has 0 fully saturated rings. The summed E-state index contributed by atoms with van der Waals surface area (Å²) in [6.45, 7) is 0. The van der Waals surface area contributed by atoms with Gasteiger partial charge in [0.25, 0.3) is 0 Å². The third-order valence-electron chi connectivity index (χ3n) is 4.37. The molecule has 34 heavy (non-hydrogen) atoms. The molecule has 0 radical (unpaired) electrons. The number of amides is 4. The summed E-state index contributed by atoms with van der Waals surface area (Å²) >= 11 is 5.91. The van der Waals surface area contributed by atoms with Gasteiger partial charge >= 0.3 is 12.1 Å². The summed E-state index contributed by atoms with van der Waals surface area (Å²) in [7, 11) is 0. The Morgan fingerprint density at radius 3 is 1.85 bits per heavy atom. The van der Waals surface area contributed by atoms with Crippen LogP contribution in [-0.4, -0.2) is 22.3 Å². The van der Waals surface area contributed by atoms with Crippen LogP contribution in [0.3, 0.4) is 0 Å². The molecule has 0 unspecified atom stereocenters. The zero-order chi connectivity index (χ0) is 23.8. The van der Waals surface area contributed by atoms with E-state index >= 15 is 0 Å². The molecule has 0 atom stereocenters. The third-order valence-corrected chi connectivity index (χ3v) is 4.62. The molecule has 0 aliphatic heterocycles. The first-order valence-corrected chi connectivity index (χ1v) is 10.5. The highest BCUT2D eigenvalue weighted by Gasteiger charge is 2.18. The largest absolute Gasteiger partial charge is 0.324 e. The standard InChI is InChI=1S/C23H19ClN8O2/c24-15-11-13-18(14-12-15)29-30-19-20(27-22(33)25-16-7-3-1-4-8-16)31-32-21(19)28-23(34)26-17-9-5-2-6-10-17/h1-14H,(H5,25,26,27,28,31,32,33,34). The zero-order valence-electron chi connectivity index (χ0n) is 17.6. The van der Waals surface area contributed by atoms with Gasteiger partial charge in [-0.05, 0) is 48.5 Å². The second-order valence-corrected chi connectivity index (χ2v) is 7.30. The monoisotopic (exact) mass is 474 g/mol. The number of halogens is 1. The lowest BCUT2D eigenvalue weighted by atomic mass is 10.3. The quantitative estimate of drug-likeness (QED) is 0.197. The first-order chi connectivity index (χ1) is 16.6. The van der Waals surface area contributed by atoms with E-state index < -0.39 is 12.1 Å². The van der Waals surface area contributed by atoms with Crippen molar-refractivity contribution >= 4 is 58.0 Å². The van der Waals surface area contributed by atoms with E-state index in [0.717, 1.165) is 0 Å². The van der Waals surface area contributed by atoms with Crippen molar-refractivity contribution in [1.82, 2.24) is 10.2 Å². The molecular weight excluding hydrogens is 456 g/mol. The maximum atomic E-state index is 12.5. The van der Waals surface area contributed by atoms with Gasteiger partial charge < -0.3 is 10.6 Å². The van der Waals surface area contributed by atoms with Gasteiger partial charge in [-0.3, -0.25) is 15.7 Å². The van der Waals surface area contributed by atoms with Crippen LogP contribution in [0.15, 0.2) is 95.2 Å².